The van der Waals surface area contributed by atoms with Crippen molar-refractivity contribution in [1.82, 2.24) is 111 Å². The minimum atomic E-state index is -2.91. The molecule has 2 aliphatic rings. The Balaban J connectivity index is 0.000000115. The van der Waals surface area contributed by atoms with Crippen molar-refractivity contribution in [3.63, 3.8) is 0 Å². The summed E-state index contributed by atoms with van der Waals surface area (Å²) in [4.78, 5) is 107. The summed E-state index contributed by atoms with van der Waals surface area (Å²) in [5, 5.41) is 48.4. The van der Waals surface area contributed by atoms with Crippen molar-refractivity contribution < 1.29 is 51.0 Å². The van der Waals surface area contributed by atoms with Gasteiger partial charge in [0.05, 0.1) is 122 Å². The van der Waals surface area contributed by atoms with Gasteiger partial charge in [-0.2, -0.15) is 34.3 Å². The molecule has 0 aliphatic carbocycles. The van der Waals surface area contributed by atoms with Gasteiger partial charge in [-0.05, 0) is 227 Å². The number of alkyl halides is 3. The number of nitrogens with one attached hydrogen (secondary N) is 15. The van der Waals surface area contributed by atoms with E-state index >= 15 is 0 Å². The van der Waals surface area contributed by atoms with Crippen LogP contribution < -0.4 is 36.1 Å². The first kappa shape index (κ1) is 92.0. The number of amides is 5. The molecule has 5 amide bonds. The van der Waals surface area contributed by atoms with Crippen LogP contribution >= 0.6 is 11.6 Å². The number of ether oxygens (including phenoxy) is 2. The Labute approximate surface area is 792 Å². The highest BCUT2D eigenvalue weighted by Gasteiger charge is 2.26. The zero-order chi connectivity index (χ0) is 95.8. The summed E-state index contributed by atoms with van der Waals surface area (Å²) in [6.07, 6.45) is 13.4. The van der Waals surface area contributed by atoms with Gasteiger partial charge in [0.15, 0.2) is 29.1 Å². The van der Waals surface area contributed by atoms with E-state index in [0.29, 0.717) is 109 Å². The number of methoxy groups -OCH3 is 1. The number of hydrogen-bond donors (Lipinski definition) is 15. The van der Waals surface area contributed by atoms with E-state index in [4.69, 9.17) is 16.3 Å². The van der Waals surface area contributed by atoms with Crippen LogP contribution in [0.4, 0.5) is 46.0 Å². The zero-order valence-corrected chi connectivity index (χ0v) is 75.2. The van der Waals surface area contributed by atoms with Crippen LogP contribution in [0.25, 0.3) is 113 Å². The molecule has 22 rings (SSSR count). The van der Waals surface area contributed by atoms with Gasteiger partial charge in [0, 0.05) is 41.2 Å². The summed E-state index contributed by atoms with van der Waals surface area (Å²) in [6.45, 7) is 5.23. The van der Waals surface area contributed by atoms with Crippen molar-refractivity contribution in [3.05, 3.63) is 317 Å². The molecule has 0 radical (unpaired) electrons. The molecule has 39 heteroatoms. The highest BCUT2D eigenvalue weighted by atomic mass is 35.5. The number of rotatable bonds is 24. The van der Waals surface area contributed by atoms with Crippen LogP contribution in [0.1, 0.15) is 99.7 Å². The molecule has 15 N–H and O–H groups in total. The minimum absolute atomic E-state index is 0.0205. The van der Waals surface area contributed by atoms with Crippen molar-refractivity contribution in [3.8, 4) is 69.1 Å². The summed E-state index contributed by atoms with van der Waals surface area (Å²) in [5.74, 6) is 0.355. The van der Waals surface area contributed by atoms with E-state index in [1.807, 2.05) is 146 Å². The molecule has 10 aromatic heterocycles. The molecule has 0 unspecified atom stereocenters. The number of hydrogen-bond acceptors (Lipinski definition) is 19. The molecule has 12 heterocycles. The Morgan fingerprint density at radius 1 is 0.374 bits per heavy atom. The fourth-order valence-corrected chi connectivity index (χ4v) is 16.2. The third-order valence-electron chi connectivity index (χ3n) is 22.9. The molecule has 2 aliphatic heterocycles. The molecule has 2 fully saturated rings. The van der Waals surface area contributed by atoms with Crippen molar-refractivity contribution in [2.75, 3.05) is 65.8 Å². The first-order valence-electron chi connectivity index (χ1n) is 44.2. The second-order valence-corrected chi connectivity index (χ2v) is 32.8. The summed E-state index contributed by atoms with van der Waals surface area (Å²) >= 11 is 5.74. The third kappa shape index (κ3) is 22.0. The quantitative estimate of drug-likeness (QED) is 0.0197. The Morgan fingerprint density at radius 3 is 1.12 bits per heavy atom. The minimum Gasteiger partial charge on any atom is -0.497 e. The van der Waals surface area contributed by atoms with Gasteiger partial charge >= 0.3 is 6.61 Å². The van der Waals surface area contributed by atoms with Crippen LogP contribution in [0.5, 0.6) is 11.5 Å². The lowest BCUT2D eigenvalue weighted by Crippen LogP contribution is -2.19. The number of nitrogens with zero attached hydrogens (tertiary/aromatic N) is 12. The molecule has 139 heavy (non-hydrogen) atoms. The van der Waals surface area contributed by atoms with Gasteiger partial charge in [0.1, 0.15) is 57.2 Å². The van der Waals surface area contributed by atoms with Gasteiger partial charge in [-0.3, -0.25) is 59.3 Å². The molecular formula is C100H88ClF4N27O7. The molecule has 2 saturated heterocycles. The second-order valence-electron chi connectivity index (χ2n) is 32.4. The number of fused-ring (bicyclic) bond motifs is 5. The lowest BCUT2D eigenvalue weighted by atomic mass is 10.1. The highest BCUT2D eigenvalue weighted by molar-refractivity contribution is 6.18. The first-order valence-corrected chi connectivity index (χ1v) is 44.7. The van der Waals surface area contributed by atoms with Crippen molar-refractivity contribution in [2.45, 2.75) is 58.7 Å². The number of para-hydroxylation sites is 8. The lowest BCUT2D eigenvalue weighted by molar-refractivity contribution is -0.0498. The van der Waals surface area contributed by atoms with Gasteiger partial charge in [0.2, 0.25) is 0 Å². The average Bonchev–Trinajstić information content (AvgIpc) is 1.65. The molecular weight excluding hydrogens is 1800 g/mol. The Kier molecular flexibility index (Phi) is 28.0. The maximum atomic E-state index is 13.9. The number of anilines is 5. The Bertz CT molecular complexity index is 7600. The van der Waals surface area contributed by atoms with E-state index in [9.17, 15) is 41.5 Å². The van der Waals surface area contributed by atoms with Gasteiger partial charge in [-0.15, -0.1) is 11.6 Å². The standard InChI is InChI=1S/C22H20F2N6O.C22H22N6O.C19H16ClN5O.C19H17N5O2.C18H13F2N5O2/c23-14-4-3-5-15(24)19(14)22(31)28-18-11-25-29-20(18)21-26-16-7-6-13(10-17(16)27-21)12-30-8-1-2-9-30;29-22(16-7-5-6-15(12-16)14-28-10-3-4-11-28)26-19-13-23-27-20(19)21-24-17-8-1-2-9-18(17)25-21;20-10-9-12-5-7-13(8-6-12)19(26)24-16-11-21-25-17(16)18-22-14-3-1-2-4-15(14)23-18;1-11-9-12(26-2)7-8-13(11)19(25)23-16-10-20-24-17(16)18-21-14-5-3-4-6-15(14)22-18;19-18(20)27-11-7-5-10(6-8-11)17(26)24-14-9-21-25-15(14)16-22-12-3-1-2-4-13(12)23-16/h3-7,10-11H,1-2,8-9,12H2,(H,25,29)(H,26,27)(H,28,31);1-2,5-9,12-13H,3-4,10-11,14H2,(H,23,27)(H,24,25)(H,26,29);1-8,11H,9-10H2,(H,21,25)(H,22,23)(H,24,26);3-10H,1-2H3,(H,20,24)(H,21,22)(H,23,25);1-9,18H,(H,21,25)(H,22,23)(H,24,26). The van der Waals surface area contributed by atoms with E-state index in [-0.39, 0.29) is 34.7 Å². The van der Waals surface area contributed by atoms with Gasteiger partial charge in [0.25, 0.3) is 29.5 Å². The van der Waals surface area contributed by atoms with Gasteiger partial charge < -0.3 is 61.0 Å². The number of carbonyl (C=O) groups is 5. The van der Waals surface area contributed by atoms with Crippen LogP contribution in [0.2, 0.25) is 0 Å². The molecule has 20 aromatic rings. The van der Waals surface area contributed by atoms with E-state index in [0.717, 1.165) is 130 Å². The number of imidazole rings is 5. The maximum absolute atomic E-state index is 13.9. The number of carbonyl (C=O) groups excluding carboxylic acids is 5. The first-order chi connectivity index (χ1) is 67.8. The molecule has 0 saturated carbocycles. The van der Waals surface area contributed by atoms with E-state index in [2.05, 4.69) is 160 Å². The molecule has 0 spiro atoms. The Morgan fingerprint density at radius 2 is 0.727 bits per heavy atom. The molecule has 0 bridgehead atoms. The zero-order valence-electron chi connectivity index (χ0n) is 74.4. The number of benzene rings is 10. The average molecular weight is 1890 g/mol. The predicted octanol–water partition coefficient (Wildman–Crippen LogP) is 19.2. The second kappa shape index (κ2) is 42.4. The van der Waals surface area contributed by atoms with Crippen LogP contribution in [-0.4, -0.2) is 186 Å². The molecule has 700 valence electrons. The monoisotopic (exact) mass is 1890 g/mol. The number of aromatic amines is 10. The van der Waals surface area contributed by atoms with E-state index in [1.165, 1.54) is 74.0 Å². The fraction of sp³-hybridized carbons (Fsp3) is 0.150. The summed E-state index contributed by atoms with van der Waals surface area (Å²) in [7, 11) is 1.60. The van der Waals surface area contributed by atoms with E-state index < -0.39 is 35.6 Å². The summed E-state index contributed by atoms with van der Waals surface area (Å²) in [6, 6.07) is 66.1. The largest absolute Gasteiger partial charge is 0.497 e. The number of aromatic nitrogens is 20. The number of aryl methyl sites for hydroxylation is 2. The summed E-state index contributed by atoms with van der Waals surface area (Å²) < 4.78 is 61.7. The van der Waals surface area contributed by atoms with Crippen molar-refractivity contribution in [2.24, 2.45) is 0 Å². The normalized spacial score (nSPS) is 12.5. The highest BCUT2D eigenvalue weighted by Crippen LogP contribution is 2.34. The van der Waals surface area contributed by atoms with Crippen LogP contribution in [-0.2, 0) is 19.5 Å². The number of H-pyrrole nitrogens is 10. The van der Waals surface area contributed by atoms with Crippen LogP contribution in [0, 0.1) is 18.6 Å². The van der Waals surface area contributed by atoms with Crippen LogP contribution in [0.15, 0.2) is 255 Å². The maximum Gasteiger partial charge on any atom is 0.387 e. The fourth-order valence-electron chi connectivity index (χ4n) is 16.0. The topological polar surface area (TPSA) is 457 Å². The van der Waals surface area contributed by atoms with Gasteiger partial charge in [-0.25, -0.2) is 33.7 Å². The predicted molar refractivity (Wildman–Crippen MR) is 522 cm³/mol. The van der Waals surface area contributed by atoms with Crippen molar-refractivity contribution in [1.29, 1.82) is 0 Å². The van der Waals surface area contributed by atoms with Crippen LogP contribution in [0.3, 0.4) is 0 Å². The third-order valence-corrected chi connectivity index (χ3v) is 23.1. The molecule has 10 aromatic carbocycles. The van der Waals surface area contributed by atoms with Gasteiger partial charge in [-0.1, -0.05) is 84.9 Å². The van der Waals surface area contributed by atoms with Crippen molar-refractivity contribution >= 4 is 125 Å². The SMILES string of the molecule is COc1ccc(C(=O)Nc2cn[nH]c2-c2nc3ccccc3[nH]2)c(C)c1.O=C(Nc1cn[nH]c1-c1nc2ccc(CN3CCCC3)cc2[nH]1)c1c(F)cccc1F.O=C(Nc1cn[nH]c1-c1nc2ccccc2[nH]1)c1ccc(CCCl)cc1.O=C(Nc1cn[nH]c1-c1nc2ccccc2[nH]1)c1ccc(OC(F)F)cc1.O=C(Nc1cn[nH]c1-c1nc2ccccc2[nH]1)c1cccc(CN2CCCC2)c1. The smallest absolute Gasteiger partial charge is 0.387 e. The molecule has 0 atom stereocenters. The molecule has 34 nitrogen and oxygen atoms in total. The number of halogens is 5. The lowest BCUT2D eigenvalue weighted by Gasteiger charge is -2.15. The van der Waals surface area contributed by atoms with E-state index in [1.54, 1.807) is 50.0 Å². The number of likely N-dealkylation sites (tertiary alicyclic amines) is 2. The summed E-state index contributed by atoms with van der Waals surface area (Å²) in [5.41, 5.74) is 19.6. The Hall–Kier alpha value is -17.5.